The average molecular weight is 331 g/mol. The lowest BCUT2D eigenvalue weighted by molar-refractivity contribution is 0.205. The second-order valence-corrected chi connectivity index (χ2v) is 6.89. The van der Waals surface area contributed by atoms with Crippen molar-refractivity contribution in [3.05, 3.63) is 66.2 Å². The first kappa shape index (κ1) is 14.7. The minimum absolute atomic E-state index is 0.601. The van der Waals surface area contributed by atoms with E-state index in [1.807, 2.05) is 35.2 Å². The summed E-state index contributed by atoms with van der Waals surface area (Å²) in [5.74, 6) is 0.601. The summed E-state index contributed by atoms with van der Waals surface area (Å²) in [6.07, 6.45) is 10.4. The maximum Gasteiger partial charge on any atom is 0.0913 e. The lowest BCUT2D eigenvalue weighted by Crippen LogP contribution is -2.32. The van der Waals surface area contributed by atoms with Crippen LogP contribution < -0.4 is 0 Å². The molecule has 0 spiro atoms. The van der Waals surface area contributed by atoms with Gasteiger partial charge < -0.3 is 4.98 Å². The number of hydrogen-bond donors (Lipinski definition) is 1. The van der Waals surface area contributed by atoms with Crippen molar-refractivity contribution >= 4 is 16.6 Å². The van der Waals surface area contributed by atoms with Gasteiger partial charge in [0.05, 0.1) is 22.7 Å². The van der Waals surface area contributed by atoms with Crippen molar-refractivity contribution in [1.29, 1.82) is 0 Å². The molecule has 126 valence electrons. The monoisotopic (exact) mass is 331 g/mol. The molecule has 5 nitrogen and oxygen atoms in total. The van der Waals surface area contributed by atoms with E-state index in [1.54, 1.807) is 0 Å². The zero-order chi connectivity index (χ0) is 16.6. The zero-order valence-corrected chi connectivity index (χ0v) is 14.1. The molecule has 1 aliphatic rings. The van der Waals surface area contributed by atoms with Crippen molar-refractivity contribution in [3.63, 3.8) is 0 Å². The van der Waals surface area contributed by atoms with Crippen LogP contribution in [-0.4, -0.2) is 37.6 Å². The largest absolute Gasteiger partial charge is 0.360 e. The van der Waals surface area contributed by atoms with E-state index in [4.69, 9.17) is 0 Å². The maximum atomic E-state index is 4.57. The number of hydrogen-bond acceptors (Lipinski definition) is 3. The fourth-order valence-electron chi connectivity index (χ4n) is 4.04. The van der Waals surface area contributed by atoms with E-state index >= 15 is 0 Å². The number of pyridine rings is 2. The third kappa shape index (κ3) is 2.61. The summed E-state index contributed by atoms with van der Waals surface area (Å²) < 4.78 is 1.96. The maximum absolute atomic E-state index is 4.57. The fraction of sp³-hybridized carbons (Fsp3) is 0.300. The summed E-state index contributed by atoms with van der Waals surface area (Å²) in [4.78, 5) is 10.5. The highest BCUT2D eigenvalue weighted by Crippen LogP contribution is 2.32. The van der Waals surface area contributed by atoms with E-state index in [0.717, 1.165) is 30.7 Å². The Morgan fingerprint density at radius 3 is 2.96 bits per heavy atom. The number of nitrogens with zero attached hydrogens (tertiary/aromatic N) is 4. The van der Waals surface area contributed by atoms with Gasteiger partial charge in [-0.25, -0.2) is 4.52 Å². The summed E-state index contributed by atoms with van der Waals surface area (Å²) in [6.45, 7) is 3.22. The molecule has 0 amide bonds. The fourth-order valence-corrected chi connectivity index (χ4v) is 4.04. The van der Waals surface area contributed by atoms with Gasteiger partial charge in [0.2, 0.25) is 0 Å². The van der Waals surface area contributed by atoms with Crippen molar-refractivity contribution in [1.82, 2.24) is 24.5 Å². The molecule has 0 saturated carbocycles. The van der Waals surface area contributed by atoms with E-state index < -0.39 is 0 Å². The number of fused-ring (bicyclic) bond motifs is 2. The van der Waals surface area contributed by atoms with Crippen LogP contribution in [0.2, 0.25) is 0 Å². The molecule has 1 N–H and O–H groups in total. The Hall–Kier alpha value is -2.66. The van der Waals surface area contributed by atoms with Gasteiger partial charge in [0.1, 0.15) is 0 Å². The van der Waals surface area contributed by atoms with Crippen molar-refractivity contribution in [2.75, 3.05) is 13.1 Å². The van der Waals surface area contributed by atoms with Gasteiger partial charge in [-0.3, -0.25) is 9.88 Å². The van der Waals surface area contributed by atoms with E-state index in [1.165, 1.54) is 29.5 Å². The standard InChI is InChI=1S/C20H21N5/c1-2-9-25-19(5-1)16(12-23-25)14-24-10-6-15(7-11-24)17-13-22-18-4-3-8-21-20(17)18/h1-5,8-9,12-13,15,22H,6-7,10-11,14H2. The van der Waals surface area contributed by atoms with Crippen LogP contribution in [0.25, 0.3) is 16.6 Å². The minimum Gasteiger partial charge on any atom is -0.360 e. The van der Waals surface area contributed by atoms with Crippen LogP contribution in [0.1, 0.15) is 29.9 Å². The van der Waals surface area contributed by atoms with Crippen LogP contribution in [0.3, 0.4) is 0 Å². The van der Waals surface area contributed by atoms with E-state index in [9.17, 15) is 0 Å². The van der Waals surface area contributed by atoms with Crippen LogP contribution in [0.5, 0.6) is 0 Å². The lowest BCUT2D eigenvalue weighted by Gasteiger charge is -2.31. The number of aromatic nitrogens is 4. The lowest BCUT2D eigenvalue weighted by atomic mass is 9.90. The van der Waals surface area contributed by atoms with Gasteiger partial charge in [-0.05, 0) is 61.7 Å². The molecule has 0 radical (unpaired) electrons. The van der Waals surface area contributed by atoms with Gasteiger partial charge in [-0.2, -0.15) is 5.10 Å². The molecule has 4 aromatic heterocycles. The van der Waals surface area contributed by atoms with Crippen molar-refractivity contribution in [2.45, 2.75) is 25.3 Å². The minimum atomic E-state index is 0.601. The van der Waals surface area contributed by atoms with Crippen LogP contribution in [0.15, 0.2) is 55.1 Å². The molecule has 0 aromatic carbocycles. The van der Waals surface area contributed by atoms with Crippen molar-refractivity contribution < 1.29 is 0 Å². The van der Waals surface area contributed by atoms with Crippen LogP contribution in [0.4, 0.5) is 0 Å². The normalized spacial score (nSPS) is 16.8. The molecule has 0 atom stereocenters. The number of nitrogens with one attached hydrogen (secondary N) is 1. The van der Waals surface area contributed by atoms with E-state index in [-0.39, 0.29) is 0 Å². The number of aromatic amines is 1. The predicted octanol–water partition coefficient (Wildman–Crippen LogP) is 3.59. The summed E-state index contributed by atoms with van der Waals surface area (Å²) in [6, 6.07) is 10.3. The molecule has 5 heterocycles. The highest BCUT2D eigenvalue weighted by molar-refractivity contribution is 5.79. The molecule has 5 rings (SSSR count). The SMILES string of the molecule is c1cnc2c(C3CCN(Cc4cnn5ccccc45)CC3)c[nH]c2c1. The molecule has 1 fully saturated rings. The molecule has 1 aliphatic heterocycles. The first-order valence-electron chi connectivity index (χ1n) is 8.94. The second-order valence-electron chi connectivity index (χ2n) is 6.89. The molecule has 0 unspecified atom stereocenters. The smallest absolute Gasteiger partial charge is 0.0913 e. The molecule has 4 aromatic rings. The van der Waals surface area contributed by atoms with Gasteiger partial charge in [0.25, 0.3) is 0 Å². The Morgan fingerprint density at radius 1 is 1.12 bits per heavy atom. The molecule has 0 bridgehead atoms. The summed E-state index contributed by atoms with van der Waals surface area (Å²) in [7, 11) is 0. The van der Waals surface area contributed by atoms with Gasteiger partial charge in [-0.1, -0.05) is 6.07 Å². The predicted molar refractivity (Wildman–Crippen MR) is 98.5 cm³/mol. The topological polar surface area (TPSA) is 49.2 Å². The zero-order valence-electron chi connectivity index (χ0n) is 14.1. The molecule has 5 heteroatoms. The van der Waals surface area contributed by atoms with Gasteiger partial charge in [-0.15, -0.1) is 0 Å². The Morgan fingerprint density at radius 2 is 2.04 bits per heavy atom. The van der Waals surface area contributed by atoms with Gasteiger partial charge in [0.15, 0.2) is 0 Å². The quantitative estimate of drug-likeness (QED) is 0.624. The Bertz CT molecular complexity index is 1010. The highest BCUT2D eigenvalue weighted by atomic mass is 15.2. The number of likely N-dealkylation sites (tertiary alicyclic amines) is 1. The van der Waals surface area contributed by atoms with Crippen LogP contribution in [0, 0.1) is 0 Å². The Balaban J connectivity index is 1.30. The third-order valence-electron chi connectivity index (χ3n) is 5.39. The third-order valence-corrected chi connectivity index (χ3v) is 5.39. The van der Waals surface area contributed by atoms with E-state index in [2.05, 4.69) is 44.4 Å². The van der Waals surface area contributed by atoms with Crippen LogP contribution in [-0.2, 0) is 6.54 Å². The molecule has 0 aliphatic carbocycles. The average Bonchev–Trinajstić information content (AvgIpc) is 3.27. The molecule has 25 heavy (non-hydrogen) atoms. The first-order chi connectivity index (χ1) is 12.4. The molecular formula is C20H21N5. The Kier molecular flexibility index (Phi) is 3.52. The number of piperidine rings is 1. The highest BCUT2D eigenvalue weighted by Gasteiger charge is 2.23. The van der Waals surface area contributed by atoms with Gasteiger partial charge in [0, 0.05) is 30.7 Å². The van der Waals surface area contributed by atoms with Crippen LogP contribution >= 0.6 is 0 Å². The second kappa shape index (κ2) is 6.01. The molecule has 1 saturated heterocycles. The van der Waals surface area contributed by atoms with E-state index in [0.29, 0.717) is 5.92 Å². The van der Waals surface area contributed by atoms with Crippen molar-refractivity contribution in [3.8, 4) is 0 Å². The van der Waals surface area contributed by atoms with Crippen molar-refractivity contribution in [2.24, 2.45) is 0 Å². The van der Waals surface area contributed by atoms with Gasteiger partial charge >= 0.3 is 0 Å². The molecular weight excluding hydrogens is 310 g/mol. The Labute approximate surface area is 146 Å². The number of H-pyrrole nitrogens is 1. The first-order valence-corrected chi connectivity index (χ1v) is 8.94. The summed E-state index contributed by atoms with van der Waals surface area (Å²) >= 11 is 0. The summed E-state index contributed by atoms with van der Waals surface area (Å²) in [5.41, 5.74) is 6.19. The summed E-state index contributed by atoms with van der Waals surface area (Å²) in [5, 5.41) is 4.45. The number of rotatable bonds is 3.